The zero-order valence-electron chi connectivity index (χ0n) is 9.89. The van der Waals surface area contributed by atoms with Crippen LogP contribution in [0.25, 0.3) is 0 Å². The van der Waals surface area contributed by atoms with Gasteiger partial charge in [0.1, 0.15) is 5.69 Å². The maximum absolute atomic E-state index is 13.2. The molecule has 0 aromatic heterocycles. The van der Waals surface area contributed by atoms with E-state index in [-0.39, 0.29) is 0 Å². The Morgan fingerprint density at radius 3 is 1.76 bits per heavy atom. The summed E-state index contributed by atoms with van der Waals surface area (Å²) >= 11 is 0. The molecule has 0 saturated carbocycles. The number of carbonyl (C=O) groups is 2. The quantitative estimate of drug-likeness (QED) is 0.378. The number of aliphatic hydroxyl groups is 1. The number of hydrogen-bond acceptors (Lipinski definition) is 3. The summed E-state index contributed by atoms with van der Waals surface area (Å²) in [6.07, 6.45) is 0. The van der Waals surface area contributed by atoms with Crippen LogP contribution in [0.5, 0.6) is 0 Å². The van der Waals surface area contributed by atoms with Crippen LogP contribution in [0.15, 0.2) is 0 Å². The maximum Gasteiger partial charge on any atom is 0.328 e. The Balaban J connectivity index is 3.04. The van der Waals surface area contributed by atoms with E-state index in [0.717, 1.165) is 0 Å². The summed E-state index contributed by atoms with van der Waals surface area (Å²) in [5.74, 6) is -13.2. The summed E-state index contributed by atoms with van der Waals surface area (Å²) in [7, 11) is 0. The minimum atomic E-state index is -2.41. The first-order chi connectivity index (χ1) is 9.70. The van der Waals surface area contributed by atoms with Crippen LogP contribution < -0.4 is 10.6 Å². The molecule has 0 saturated heterocycles. The molecule has 1 atom stereocenters. The van der Waals surface area contributed by atoms with Gasteiger partial charge >= 0.3 is 12.0 Å². The second kappa shape index (κ2) is 6.35. The highest BCUT2D eigenvalue weighted by molar-refractivity contribution is 5.92. The Morgan fingerprint density at radius 2 is 1.38 bits per heavy atom. The molecule has 21 heavy (non-hydrogen) atoms. The lowest BCUT2D eigenvalue weighted by Crippen LogP contribution is -2.45. The van der Waals surface area contributed by atoms with Gasteiger partial charge < -0.3 is 20.8 Å². The molecule has 11 heteroatoms. The fourth-order valence-electron chi connectivity index (χ4n) is 1.21. The number of carboxylic acids is 1. The minimum Gasteiger partial charge on any atom is -0.480 e. The number of carboxylic acid groups (broad SMARTS) is 1. The SMILES string of the molecule is O=C(Nc1c(F)c(F)c(F)c(F)c1F)N[C@H](CO)C(=O)O. The molecule has 0 unspecified atom stereocenters. The maximum atomic E-state index is 13.2. The predicted molar refractivity (Wildman–Crippen MR) is 56.9 cm³/mol. The lowest BCUT2D eigenvalue weighted by Gasteiger charge is -2.14. The summed E-state index contributed by atoms with van der Waals surface area (Å²) < 4.78 is 64.8. The third kappa shape index (κ3) is 3.37. The molecule has 0 aliphatic rings. The Hall–Kier alpha value is -2.43. The van der Waals surface area contributed by atoms with Crippen LogP contribution in [-0.4, -0.2) is 34.9 Å². The minimum absolute atomic E-state index is 1.06. The molecule has 4 N–H and O–H groups in total. The van der Waals surface area contributed by atoms with Crippen molar-refractivity contribution in [3.63, 3.8) is 0 Å². The van der Waals surface area contributed by atoms with E-state index in [2.05, 4.69) is 0 Å². The monoisotopic (exact) mass is 314 g/mol. The Morgan fingerprint density at radius 1 is 0.952 bits per heavy atom. The molecule has 0 aliphatic carbocycles. The summed E-state index contributed by atoms with van der Waals surface area (Å²) in [5.41, 5.74) is -1.65. The van der Waals surface area contributed by atoms with E-state index in [1.54, 1.807) is 5.32 Å². The fraction of sp³-hybridized carbons (Fsp3) is 0.200. The first-order valence-electron chi connectivity index (χ1n) is 5.13. The van der Waals surface area contributed by atoms with E-state index in [1.807, 2.05) is 0 Å². The predicted octanol–water partition coefficient (Wildman–Crippen LogP) is 0.949. The van der Waals surface area contributed by atoms with Gasteiger partial charge in [-0.2, -0.15) is 0 Å². The molecule has 0 fully saturated rings. The lowest BCUT2D eigenvalue weighted by molar-refractivity contribution is -0.140. The van der Waals surface area contributed by atoms with Crippen molar-refractivity contribution in [2.75, 3.05) is 11.9 Å². The number of hydrogen-bond donors (Lipinski definition) is 4. The normalized spacial score (nSPS) is 11.9. The van der Waals surface area contributed by atoms with Crippen LogP contribution in [0.3, 0.4) is 0 Å². The van der Waals surface area contributed by atoms with Crippen LogP contribution in [0, 0.1) is 29.1 Å². The zero-order chi connectivity index (χ0) is 16.3. The summed E-state index contributed by atoms with van der Waals surface area (Å²) in [6.45, 7) is -1.06. The van der Waals surface area contributed by atoms with E-state index >= 15 is 0 Å². The number of rotatable bonds is 4. The van der Waals surface area contributed by atoms with E-state index in [0.29, 0.717) is 0 Å². The van der Waals surface area contributed by atoms with E-state index in [4.69, 9.17) is 10.2 Å². The van der Waals surface area contributed by atoms with Gasteiger partial charge in [-0.25, -0.2) is 31.5 Å². The van der Waals surface area contributed by atoms with E-state index < -0.39 is 59.4 Å². The smallest absolute Gasteiger partial charge is 0.328 e. The van der Waals surface area contributed by atoms with Crippen molar-refractivity contribution in [2.45, 2.75) is 6.04 Å². The van der Waals surface area contributed by atoms with E-state index in [1.165, 1.54) is 5.32 Å². The van der Waals surface area contributed by atoms with Crippen molar-refractivity contribution in [3.05, 3.63) is 29.1 Å². The molecule has 2 amide bonds. The molecule has 0 aliphatic heterocycles. The first kappa shape index (κ1) is 16.6. The number of aliphatic hydroxyl groups excluding tert-OH is 1. The Labute approximate surface area is 113 Å². The summed E-state index contributed by atoms with van der Waals surface area (Å²) in [6, 6.07) is -3.41. The first-order valence-corrected chi connectivity index (χ1v) is 5.13. The number of anilines is 1. The number of amides is 2. The number of carbonyl (C=O) groups excluding carboxylic acids is 1. The van der Waals surface area contributed by atoms with Crippen molar-refractivity contribution in [2.24, 2.45) is 0 Å². The molecular weight excluding hydrogens is 307 g/mol. The highest BCUT2D eigenvalue weighted by Crippen LogP contribution is 2.26. The second-order valence-electron chi connectivity index (χ2n) is 3.62. The highest BCUT2D eigenvalue weighted by atomic mass is 19.2. The van der Waals surface area contributed by atoms with Gasteiger partial charge in [0.15, 0.2) is 29.3 Å². The molecule has 0 heterocycles. The number of urea groups is 1. The summed E-state index contributed by atoms with van der Waals surface area (Å²) in [5, 5.41) is 19.9. The molecule has 116 valence electrons. The average Bonchev–Trinajstić information content (AvgIpc) is 2.44. The van der Waals surface area contributed by atoms with Gasteiger partial charge in [0.2, 0.25) is 5.82 Å². The Kier molecular flexibility index (Phi) is 5.02. The number of halogens is 5. The van der Waals surface area contributed by atoms with Crippen molar-refractivity contribution in [1.29, 1.82) is 0 Å². The molecule has 1 aromatic rings. The van der Waals surface area contributed by atoms with Gasteiger partial charge in [0.05, 0.1) is 6.61 Å². The number of benzene rings is 1. The van der Waals surface area contributed by atoms with Crippen molar-refractivity contribution >= 4 is 17.7 Å². The van der Waals surface area contributed by atoms with Gasteiger partial charge in [-0.3, -0.25) is 0 Å². The largest absolute Gasteiger partial charge is 0.480 e. The molecule has 6 nitrogen and oxygen atoms in total. The zero-order valence-corrected chi connectivity index (χ0v) is 9.89. The van der Waals surface area contributed by atoms with Crippen LogP contribution in [0.2, 0.25) is 0 Å². The van der Waals surface area contributed by atoms with Crippen LogP contribution >= 0.6 is 0 Å². The molecule has 1 rings (SSSR count). The number of nitrogens with one attached hydrogen (secondary N) is 2. The molecule has 0 bridgehead atoms. The Bertz CT molecular complexity index is 566. The van der Waals surface area contributed by atoms with Crippen molar-refractivity contribution in [1.82, 2.24) is 5.32 Å². The lowest BCUT2D eigenvalue weighted by atomic mass is 10.2. The van der Waals surface area contributed by atoms with E-state index in [9.17, 15) is 31.5 Å². The topological polar surface area (TPSA) is 98.7 Å². The molecule has 0 radical (unpaired) electrons. The standard InChI is InChI=1S/C10H7F5N2O4/c11-3-4(12)6(14)8(7(15)5(3)13)17-10(21)16-2(1-18)9(19)20/h2,18H,1H2,(H,19,20)(H2,16,17,21)/t2-/m1/s1. The molecule has 0 spiro atoms. The van der Waals surface area contributed by atoms with Gasteiger partial charge in [0.25, 0.3) is 0 Å². The van der Waals surface area contributed by atoms with Crippen LogP contribution in [0.1, 0.15) is 0 Å². The average molecular weight is 314 g/mol. The third-order valence-corrected chi connectivity index (χ3v) is 2.23. The van der Waals surface area contributed by atoms with Gasteiger partial charge in [-0.15, -0.1) is 0 Å². The number of aliphatic carboxylic acids is 1. The molecular formula is C10H7F5N2O4. The van der Waals surface area contributed by atoms with Crippen LogP contribution in [0.4, 0.5) is 32.4 Å². The van der Waals surface area contributed by atoms with Crippen molar-refractivity contribution in [3.8, 4) is 0 Å². The van der Waals surface area contributed by atoms with Gasteiger partial charge in [-0.1, -0.05) is 0 Å². The van der Waals surface area contributed by atoms with Crippen molar-refractivity contribution < 1.29 is 41.8 Å². The fourth-order valence-corrected chi connectivity index (χ4v) is 1.21. The summed E-state index contributed by atoms with van der Waals surface area (Å²) in [4.78, 5) is 21.7. The third-order valence-electron chi connectivity index (χ3n) is 2.23. The molecule has 1 aromatic carbocycles. The van der Waals surface area contributed by atoms with Crippen LogP contribution in [-0.2, 0) is 4.79 Å². The highest BCUT2D eigenvalue weighted by Gasteiger charge is 2.27. The second-order valence-corrected chi connectivity index (χ2v) is 3.62. The van der Waals surface area contributed by atoms with Gasteiger partial charge in [-0.05, 0) is 0 Å². The van der Waals surface area contributed by atoms with Gasteiger partial charge in [0, 0.05) is 0 Å².